The number of ether oxygens (including phenoxy) is 2. The Hall–Kier alpha value is -3.59. The summed E-state index contributed by atoms with van der Waals surface area (Å²) in [4.78, 5) is 43.1. The molecule has 178 valence electrons. The number of anilines is 2. The van der Waals surface area contributed by atoms with E-state index in [0.717, 1.165) is 24.0 Å². The van der Waals surface area contributed by atoms with E-state index in [2.05, 4.69) is 15.0 Å². The Bertz CT molecular complexity index is 1170. The van der Waals surface area contributed by atoms with Gasteiger partial charge in [0.2, 0.25) is 5.78 Å². The van der Waals surface area contributed by atoms with Gasteiger partial charge in [-0.3, -0.25) is 14.6 Å². The van der Waals surface area contributed by atoms with E-state index in [-0.39, 0.29) is 12.0 Å². The Labute approximate surface area is 196 Å². The van der Waals surface area contributed by atoms with Crippen molar-refractivity contribution in [2.24, 2.45) is 0 Å². The van der Waals surface area contributed by atoms with Gasteiger partial charge in [0.15, 0.2) is 0 Å². The van der Waals surface area contributed by atoms with Crippen LogP contribution in [0.3, 0.4) is 0 Å². The number of ketones is 1. The van der Waals surface area contributed by atoms with Gasteiger partial charge in [-0.25, -0.2) is 9.18 Å². The van der Waals surface area contributed by atoms with Gasteiger partial charge >= 0.3 is 5.97 Å². The van der Waals surface area contributed by atoms with Crippen LogP contribution in [0.5, 0.6) is 0 Å². The largest absolute Gasteiger partial charge is 0.463 e. The third-order valence-corrected chi connectivity index (χ3v) is 5.87. The number of benzene rings is 1. The normalized spacial score (nSPS) is 15.0. The summed E-state index contributed by atoms with van der Waals surface area (Å²) in [7, 11) is 1.17. The van der Waals surface area contributed by atoms with Crippen LogP contribution in [0.25, 0.3) is 5.57 Å². The Balaban J connectivity index is 1.56. The van der Waals surface area contributed by atoms with Crippen molar-refractivity contribution in [2.45, 2.75) is 26.2 Å². The SMILES string of the molecule is COC(=O)C(=O)CC(=C1CC1)c1cc(NC(=O)c2cc(F)cc(N3CCOCC3)c2)cnc1C. The number of pyridine rings is 1. The smallest absolute Gasteiger partial charge is 0.374 e. The fourth-order valence-corrected chi connectivity index (χ4v) is 3.94. The molecule has 0 unspecified atom stereocenters. The van der Waals surface area contributed by atoms with Gasteiger partial charge in [-0.2, -0.15) is 0 Å². The van der Waals surface area contributed by atoms with Gasteiger partial charge in [0, 0.05) is 42.0 Å². The van der Waals surface area contributed by atoms with E-state index in [4.69, 9.17) is 4.74 Å². The van der Waals surface area contributed by atoms with Crippen molar-refractivity contribution in [1.29, 1.82) is 0 Å². The van der Waals surface area contributed by atoms with Crippen LogP contribution in [0.4, 0.5) is 15.8 Å². The highest BCUT2D eigenvalue weighted by molar-refractivity contribution is 6.35. The first-order valence-corrected chi connectivity index (χ1v) is 11.1. The van der Waals surface area contributed by atoms with Crippen molar-refractivity contribution in [2.75, 3.05) is 43.6 Å². The molecule has 34 heavy (non-hydrogen) atoms. The van der Waals surface area contributed by atoms with E-state index in [1.807, 2.05) is 4.90 Å². The number of allylic oxidation sites excluding steroid dienone is 2. The van der Waals surface area contributed by atoms with Crippen LogP contribution >= 0.6 is 0 Å². The van der Waals surface area contributed by atoms with Gasteiger partial charge in [-0.05, 0) is 49.6 Å². The second kappa shape index (κ2) is 10.1. The highest BCUT2D eigenvalue weighted by Crippen LogP contribution is 2.39. The molecule has 0 bridgehead atoms. The van der Waals surface area contributed by atoms with E-state index in [1.165, 1.54) is 25.4 Å². The number of esters is 1. The predicted octanol–water partition coefficient (Wildman–Crippen LogP) is 3.30. The average Bonchev–Trinajstić information content (AvgIpc) is 3.68. The topological polar surface area (TPSA) is 97.8 Å². The minimum atomic E-state index is -0.893. The lowest BCUT2D eigenvalue weighted by Gasteiger charge is -2.29. The van der Waals surface area contributed by atoms with Gasteiger partial charge in [-0.15, -0.1) is 0 Å². The molecule has 0 spiro atoms. The molecule has 1 aliphatic heterocycles. The molecule has 1 aliphatic carbocycles. The van der Waals surface area contributed by atoms with Crippen molar-refractivity contribution >= 4 is 34.6 Å². The van der Waals surface area contributed by atoms with Crippen LogP contribution in [-0.4, -0.2) is 56.1 Å². The van der Waals surface area contributed by atoms with E-state index < -0.39 is 23.5 Å². The maximum atomic E-state index is 14.3. The molecule has 0 radical (unpaired) electrons. The average molecular weight is 467 g/mol. The highest BCUT2D eigenvalue weighted by atomic mass is 19.1. The molecular weight excluding hydrogens is 441 g/mol. The maximum Gasteiger partial charge on any atom is 0.374 e. The number of nitrogens with one attached hydrogen (secondary N) is 1. The standard InChI is InChI=1S/C25H26FN3O5/c1-15-21(22(16-3-4-16)13-23(30)25(32)33-2)12-19(14-27-15)28-24(31)17-9-18(26)11-20(10-17)29-5-7-34-8-6-29/h9-12,14H,3-8,13H2,1-2H3,(H,28,31). The summed E-state index contributed by atoms with van der Waals surface area (Å²) in [5.74, 6) is -2.51. The van der Waals surface area contributed by atoms with E-state index >= 15 is 0 Å². The molecular formula is C25H26FN3O5. The lowest BCUT2D eigenvalue weighted by atomic mass is 9.97. The zero-order valence-corrected chi connectivity index (χ0v) is 19.2. The fraction of sp³-hybridized carbons (Fsp3) is 0.360. The summed E-state index contributed by atoms with van der Waals surface area (Å²) >= 11 is 0. The molecule has 1 amide bonds. The van der Waals surface area contributed by atoms with Crippen molar-refractivity contribution in [1.82, 2.24) is 4.98 Å². The molecule has 4 rings (SSSR count). The van der Waals surface area contributed by atoms with E-state index in [1.54, 1.807) is 19.1 Å². The summed E-state index contributed by atoms with van der Waals surface area (Å²) in [5.41, 5.74) is 4.39. The molecule has 2 aliphatic rings. The quantitative estimate of drug-likeness (QED) is 0.493. The third-order valence-electron chi connectivity index (χ3n) is 5.87. The lowest BCUT2D eigenvalue weighted by molar-refractivity contribution is -0.151. The summed E-state index contributed by atoms with van der Waals surface area (Å²) in [5, 5.41) is 2.77. The summed E-state index contributed by atoms with van der Waals surface area (Å²) in [6.07, 6.45) is 3.10. The minimum absolute atomic E-state index is 0.0886. The molecule has 1 aromatic heterocycles. The van der Waals surface area contributed by atoms with Crippen molar-refractivity contribution < 1.29 is 28.2 Å². The van der Waals surface area contributed by atoms with E-state index in [0.29, 0.717) is 48.9 Å². The zero-order valence-electron chi connectivity index (χ0n) is 19.2. The third kappa shape index (κ3) is 5.48. The first-order valence-electron chi connectivity index (χ1n) is 11.1. The first kappa shape index (κ1) is 23.6. The number of rotatable bonds is 7. The van der Waals surface area contributed by atoms with Crippen LogP contribution in [0.15, 0.2) is 36.0 Å². The molecule has 1 N–H and O–H groups in total. The number of carbonyl (C=O) groups is 3. The number of methoxy groups -OCH3 is 1. The molecule has 0 atom stereocenters. The Morgan fingerprint density at radius 1 is 1.15 bits per heavy atom. The van der Waals surface area contributed by atoms with Gasteiger partial charge in [0.05, 0.1) is 32.2 Å². The zero-order chi connectivity index (χ0) is 24.2. The number of morpholine rings is 1. The number of nitrogens with zero attached hydrogens (tertiary/aromatic N) is 2. The fourth-order valence-electron chi connectivity index (χ4n) is 3.94. The van der Waals surface area contributed by atoms with E-state index in [9.17, 15) is 18.8 Å². The van der Waals surface area contributed by atoms with Crippen molar-refractivity contribution in [3.8, 4) is 0 Å². The second-order valence-electron chi connectivity index (χ2n) is 8.28. The van der Waals surface area contributed by atoms with Gasteiger partial charge in [-0.1, -0.05) is 5.57 Å². The molecule has 2 fully saturated rings. The Morgan fingerprint density at radius 2 is 1.88 bits per heavy atom. The number of aromatic nitrogens is 1. The van der Waals surface area contributed by atoms with Gasteiger partial charge < -0.3 is 19.7 Å². The number of Topliss-reactive ketones (excluding diaryl/α,β-unsaturated/α-hetero) is 1. The summed E-state index contributed by atoms with van der Waals surface area (Å²) in [6.45, 7) is 4.14. The molecule has 1 aromatic carbocycles. The Kier molecular flexibility index (Phi) is 7.02. The predicted molar refractivity (Wildman–Crippen MR) is 124 cm³/mol. The summed E-state index contributed by atoms with van der Waals surface area (Å²) < 4.78 is 24.2. The van der Waals surface area contributed by atoms with Crippen LogP contribution in [-0.2, 0) is 19.1 Å². The first-order chi connectivity index (χ1) is 16.4. The number of halogens is 1. The van der Waals surface area contributed by atoms with Gasteiger partial charge in [0.25, 0.3) is 5.91 Å². The number of hydrogen-bond donors (Lipinski definition) is 1. The maximum absolute atomic E-state index is 14.3. The lowest BCUT2D eigenvalue weighted by Crippen LogP contribution is -2.36. The monoisotopic (exact) mass is 467 g/mol. The molecule has 1 saturated heterocycles. The number of aryl methyl sites for hydroxylation is 1. The van der Waals surface area contributed by atoms with Crippen molar-refractivity contribution in [3.05, 3.63) is 58.7 Å². The van der Waals surface area contributed by atoms with Gasteiger partial charge in [0.1, 0.15) is 5.82 Å². The van der Waals surface area contributed by atoms with Crippen LogP contribution in [0.2, 0.25) is 0 Å². The number of hydrogen-bond acceptors (Lipinski definition) is 7. The van der Waals surface area contributed by atoms with Crippen LogP contribution in [0.1, 0.15) is 40.9 Å². The molecule has 1 saturated carbocycles. The molecule has 2 heterocycles. The van der Waals surface area contributed by atoms with Crippen LogP contribution in [0, 0.1) is 12.7 Å². The minimum Gasteiger partial charge on any atom is -0.463 e. The number of amides is 1. The number of carbonyl (C=O) groups excluding carboxylic acids is 3. The molecule has 9 heteroatoms. The molecule has 8 nitrogen and oxygen atoms in total. The second-order valence-corrected chi connectivity index (χ2v) is 8.28. The van der Waals surface area contributed by atoms with Crippen LogP contribution < -0.4 is 10.2 Å². The van der Waals surface area contributed by atoms with Crippen molar-refractivity contribution in [3.63, 3.8) is 0 Å². The Morgan fingerprint density at radius 3 is 2.56 bits per heavy atom. The summed E-state index contributed by atoms with van der Waals surface area (Å²) in [6, 6.07) is 5.97. The highest BCUT2D eigenvalue weighted by Gasteiger charge is 2.26. The molecule has 2 aromatic rings.